The number of likely N-dealkylation sites (tertiary alicyclic amines) is 1. The minimum atomic E-state index is 0.669. The molecular formula is C9H20N2. The summed E-state index contributed by atoms with van der Waals surface area (Å²) in [6, 6.07) is 0.669. The highest BCUT2D eigenvalue weighted by atomic mass is 15.2. The van der Waals surface area contributed by atoms with Crippen molar-refractivity contribution in [1.82, 2.24) is 4.90 Å². The van der Waals surface area contributed by atoms with E-state index in [1.54, 1.807) is 0 Å². The maximum Gasteiger partial charge on any atom is 0.0218 e. The minimum absolute atomic E-state index is 0.669. The van der Waals surface area contributed by atoms with Gasteiger partial charge in [0.2, 0.25) is 0 Å². The Balaban J connectivity index is 2.41. The van der Waals surface area contributed by atoms with E-state index >= 15 is 0 Å². The third-order valence-corrected chi connectivity index (χ3v) is 2.68. The lowest BCUT2D eigenvalue weighted by molar-refractivity contribution is 0.215. The van der Waals surface area contributed by atoms with Gasteiger partial charge in [0.1, 0.15) is 0 Å². The van der Waals surface area contributed by atoms with Crippen LogP contribution < -0.4 is 5.73 Å². The van der Waals surface area contributed by atoms with E-state index in [4.69, 9.17) is 5.73 Å². The fourth-order valence-electron chi connectivity index (χ4n) is 1.92. The summed E-state index contributed by atoms with van der Waals surface area (Å²) >= 11 is 0. The van der Waals surface area contributed by atoms with Crippen molar-refractivity contribution in [2.45, 2.75) is 38.6 Å². The lowest BCUT2D eigenvalue weighted by atomic mass is 10.1. The summed E-state index contributed by atoms with van der Waals surface area (Å²) in [6.45, 7) is 5.50. The van der Waals surface area contributed by atoms with Gasteiger partial charge < -0.3 is 5.73 Å². The van der Waals surface area contributed by atoms with Crippen molar-refractivity contribution in [2.24, 2.45) is 5.73 Å². The first-order valence-corrected chi connectivity index (χ1v) is 4.82. The minimum Gasteiger partial charge on any atom is -0.329 e. The molecule has 2 heteroatoms. The maximum atomic E-state index is 5.70. The summed E-state index contributed by atoms with van der Waals surface area (Å²) in [5.74, 6) is 0. The summed E-state index contributed by atoms with van der Waals surface area (Å²) in [5.41, 5.74) is 5.70. The van der Waals surface area contributed by atoms with E-state index < -0.39 is 0 Å². The summed E-state index contributed by atoms with van der Waals surface area (Å²) < 4.78 is 0. The molecule has 0 aromatic heterocycles. The van der Waals surface area contributed by atoms with Crippen LogP contribution in [0.2, 0.25) is 0 Å². The van der Waals surface area contributed by atoms with Gasteiger partial charge in [0.15, 0.2) is 0 Å². The molecule has 0 spiro atoms. The predicted octanol–water partition coefficient (Wildman–Crippen LogP) is 1.21. The fraction of sp³-hybridized carbons (Fsp3) is 1.00. The van der Waals surface area contributed by atoms with Crippen LogP contribution in [0.25, 0.3) is 0 Å². The molecule has 0 saturated carbocycles. The zero-order valence-corrected chi connectivity index (χ0v) is 7.55. The smallest absolute Gasteiger partial charge is 0.0218 e. The number of rotatable bonds is 2. The Morgan fingerprint density at radius 3 is 2.82 bits per heavy atom. The molecule has 1 heterocycles. The molecule has 2 N–H and O–H groups in total. The van der Waals surface area contributed by atoms with Crippen LogP contribution in [-0.2, 0) is 0 Å². The van der Waals surface area contributed by atoms with Gasteiger partial charge in [0, 0.05) is 12.6 Å². The Labute approximate surface area is 69.8 Å². The monoisotopic (exact) mass is 156 g/mol. The zero-order chi connectivity index (χ0) is 8.10. The third-order valence-electron chi connectivity index (χ3n) is 2.68. The van der Waals surface area contributed by atoms with E-state index in [-0.39, 0.29) is 0 Å². The van der Waals surface area contributed by atoms with Gasteiger partial charge in [-0.1, -0.05) is 19.8 Å². The predicted molar refractivity (Wildman–Crippen MR) is 48.6 cm³/mol. The second kappa shape index (κ2) is 4.73. The van der Waals surface area contributed by atoms with Crippen LogP contribution in [0.1, 0.15) is 32.6 Å². The van der Waals surface area contributed by atoms with Crippen molar-refractivity contribution in [2.75, 3.05) is 19.6 Å². The molecule has 1 rings (SSSR count). The Morgan fingerprint density at radius 1 is 1.36 bits per heavy atom. The van der Waals surface area contributed by atoms with Crippen molar-refractivity contribution < 1.29 is 0 Å². The lowest BCUT2D eigenvalue weighted by Gasteiger charge is -2.27. The molecule has 66 valence electrons. The van der Waals surface area contributed by atoms with Gasteiger partial charge >= 0.3 is 0 Å². The molecule has 0 aliphatic carbocycles. The molecule has 1 aliphatic rings. The molecule has 0 amide bonds. The SMILES string of the molecule is CCN1CCCCCC1CN. The average molecular weight is 156 g/mol. The first kappa shape index (κ1) is 9.01. The van der Waals surface area contributed by atoms with Crippen molar-refractivity contribution in [3.63, 3.8) is 0 Å². The first-order valence-electron chi connectivity index (χ1n) is 4.82. The first-order chi connectivity index (χ1) is 5.38. The van der Waals surface area contributed by atoms with Gasteiger partial charge in [0.25, 0.3) is 0 Å². The normalized spacial score (nSPS) is 28.4. The van der Waals surface area contributed by atoms with E-state index in [2.05, 4.69) is 11.8 Å². The van der Waals surface area contributed by atoms with Crippen molar-refractivity contribution in [3.05, 3.63) is 0 Å². The van der Waals surface area contributed by atoms with Crippen LogP contribution in [-0.4, -0.2) is 30.6 Å². The molecule has 1 fully saturated rings. The van der Waals surface area contributed by atoms with Crippen LogP contribution in [0.15, 0.2) is 0 Å². The molecular weight excluding hydrogens is 136 g/mol. The molecule has 0 bridgehead atoms. The van der Waals surface area contributed by atoms with Crippen LogP contribution >= 0.6 is 0 Å². The van der Waals surface area contributed by atoms with Gasteiger partial charge in [-0.05, 0) is 25.9 Å². The van der Waals surface area contributed by atoms with E-state index in [0.717, 1.165) is 6.54 Å². The van der Waals surface area contributed by atoms with Gasteiger partial charge in [-0.25, -0.2) is 0 Å². The lowest BCUT2D eigenvalue weighted by Crippen LogP contribution is -2.39. The van der Waals surface area contributed by atoms with E-state index in [1.165, 1.54) is 38.8 Å². The van der Waals surface area contributed by atoms with Gasteiger partial charge in [0.05, 0.1) is 0 Å². The summed E-state index contributed by atoms with van der Waals surface area (Å²) in [7, 11) is 0. The Morgan fingerprint density at radius 2 is 2.18 bits per heavy atom. The standard InChI is InChI=1S/C9H20N2/c1-2-11-7-5-3-4-6-9(11)8-10/h9H,2-8,10H2,1H3. The van der Waals surface area contributed by atoms with Crippen LogP contribution in [0, 0.1) is 0 Å². The third kappa shape index (κ3) is 2.46. The molecule has 0 aromatic carbocycles. The Kier molecular flexibility index (Phi) is 3.87. The molecule has 11 heavy (non-hydrogen) atoms. The van der Waals surface area contributed by atoms with Gasteiger partial charge in [-0.2, -0.15) is 0 Å². The largest absolute Gasteiger partial charge is 0.329 e. The van der Waals surface area contributed by atoms with Crippen LogP contribution in [0.3, 0.4) is 0 Å². The van der Waals surface area contributed by atoms with E-state index in [9.17, 15) is 0 Å². The zero-order valence-electron chi connectivity index (χ0n) is 7.55. The number of nitrogens with two attached hydrogens (primary N) is 1. The molecule has 1 aliphatic heterocycles. The highest BCUT2D eigenvalue weighted by Crippen LogP contribution is 2.14. The second-order valence-corrected chi connectivity index (χ2v) is 3.37. The fourth-order valence-corrected chi connectivity index (χ4v) is 1.92. The Hall–Kier alpha value is -0.0800. The summed E-state index contributed by atoms with van der Waals surface area (Å²) in [6.07, 6.45) is 5.44. The maximum absolute atomic E-state index is 5.70. The number of likely N-dealkylation sites (N-methyl/N-ethyl adjacent to an activating group) is 1. The second-order valence-electron chi connectivity index (χ2n) is 3.37. The van der Waals surface area contributed by atoms with Crippen molar-refractivity contribution >= 4 is 0 Å². The highest BCUT2D eigenvalue weighted by molar-refractivity contribution is 4.74. The molecule has 1 saturated heterocycles. The highest BCUT2D eigenvalue weighted by Gasteiger charge is 2.17. The van der Waals surface area contributed by atoms with Crippen LogP contribution in [0.4, 0.5) is 0 Å². The number of hydrogen-bond acceptors (Lipinski definition) is 2. The van der Waals surface area contributed by atoms with Crippen molar-refractivity contribution in [3.8, 4) is 0 Å². The van der Waals surface area contributed by atoms with Gasteiger partial charge in [-0.15, -0.1) is 0 Å². The molecule has 0 aromatic rings. The average Bonchev–Trinajstić information content (AvgIpc) is 2.27. The molecule has 0 radical (unpaired) electrons. The molecule has 1 atom stereocenters. The quantitative estimate of drug-likeness (QED) is 0.651. The van der Waals surface area contributed by atoms with E-state index in [1.807, 2.05) is 0 Å². The number of hydrogen-bond donors (Lipinski definition) is 1. The molecule has 1 unspecified atom stereocenters. The summed E-state index contributed by atoms with van der Waals surface area (Å²) in [4.78, 5) is 2.52. The summed E-state index contributed by atoms with van der Waals surface area (Å²) in [5, 5.41) is 0. The van der Waals surface area contributed by atoms with Crippen molar-refractivity contribution in [1.29, 1.82) is 0 Å². The number of nitrogens with zero attached hydrogens (tertiary/aromatic N) is 1. The van der Waals surface area contributed by atoms with Gasteiger partial charge in [-0.3, -0.25) is 4.90 Å². The molecule has 2 nitrogen and oxygen atoms in total. The Bertz CT molecular complexity index is 91.7. The van der Waals surface area contributed by atoms with E-state index in [0.29, 0.717) is 6.04 Å². The topological polar surface area (TPSA) is 29.3 Å². The van der Waals surface area contributed by atoms with Crippen LogP contribution in [0.5, 0.6) is 0 Å².